The molecule has 4 amide bonds. The Hall–Kier alpha value is -3.37. The van der Waals surface area contributed by atoms with Crippen molar-refractivity contribution in [3.8, 4) is 0 Å². The number of rotatable bonds is 11. The largest absolute Gasteiger partial charge is 0.464 e. The molecule has 216 valence electrons. The van der Waals surface area contributed by atoms with Crippen LogP contribution in [0.5, 0.6) is 0 Å². The van der Waals surface area contributed by atoms with Crippen molar-refractivity contribution in [3.05, 3.63) is 46.0 Å². The van der Waals surface area contributed by atoms with Crippen molar-refractivity contribution in [2.75, 3.05) is 19.0 Å². The topological polar surface area (TPSA) is 191 Å². The van der Waals surface area contributed by atoms with Crippen LogP contribution in [0.4, 0.5) is 4.79 Å². The van der Waals surface area contributed by atoms with Crippen LogP contribution in [-0.4, -0.2) is 91.0 Å². The molecule has 0 radical (unpaired) electrons. The third kappa shape index (κ3) is 5.88. The van der Waals surface area contributed by atoms with E-state index in [1.54, 1.807) is 44.2 Å². The van der Waals surface area contributed by atoms with Gasteiger partial charge in [0.2, 0.25) is 11.8 Å². The number of ether oxygens (including phenoxy) is 1. The first-order valence-corrected chi connectivity index (χ1v) is 14.3. The average molecular weight is 596 g/mol. The Morgan fingerprint density at radius 2 is 1.88 bits per heavy atom. The number of hydrogen-bond acceptors (Lipinski definition) is 12. The van der Waals surface area contributed by atoms with Gasteiger partial charge in [-0.3, -0.25) is 24.1 Å². The summed E-state index contributed by atoms with van der Waals surface area (Å²) in [5.74, 6) is -2.49. The minimum absolute atomic E-state index is 0.00155. The third-order valence-corrected chi connectivity index (χ3v) is 9.27. The van der Waals surface area contributed by atoms with E-state index in [0.717, 1.165) is 16.7 Å². The molecule has 16 heteroatoms. The lowest BCUT2D eigenvalue weighted by molar-refractivity contribution is -0.757. The number of imide groups is 1. The molecule has 3 N–H and O–H groups in total. The molecule has 4 rings (SSSR count). The first kappa shape index (κ1) is 29.6. The van der Waals surface area contributed by atoms with Gasteiger partial charge in [-0.05, 0) is 32.3 Å². The van der Waals surface area contributed by atoms with Crippen molar-refractivity contribution in [2.24, 2.45) is 5.73 Å². The molecule has 0 saturated carbocycles. The number of hydrogen-bond donors (Lipinski definition) is 2. The number of fused-ring (bicyclic) bond motifs is 1. The van der Waals surface area contributed by atoms with Gasteiger partial charge in [-0.2, -0.15) is 0 Å². The zero-order valence-electron chi connectivity index (χ0n) is 21.7. The van der Waals surface area contributed by atoms with Gasteiger partial charge in [0.25, 0.3) is 16.2 Å². The zero-order valence-corrected chi connectivity index (χ0v) is 23.4. The van der Waals surface area contributed by atoms with Gasteiger partial charge in [-0.25, -0.2) is 4.79 Å². The van der Waals surface area contributed by atoms with E-state index in [9.17, 15) is 34.1 Å². The second-order valence-electron chi connectivity index (χ2n) is 9.87. The highest BCUT2D eigenvalue weighted by atomic mass is 32.2. The first-order chi connectivity index (χ1) is 18.9. The summed E-state index contributed by atoms with van der Waals surface area (Å²) >= 11 is 2.12. The molecule has 3 aliphatic heterocycles. The number of carbonyl (C=O) groups excluding carboxylic acids is 5. The van der Waals surface area contributed by atoms with Crippen molar-refractivity contribution in [3.63, 3.8) is 0 Å². The summed E-state index contributed by atoms with van der Waals surface area (Å²) in [4.78, 5) is 81.7. The Morgan fingerprint density at radius 1 is 1.20 bits per heavy atom. The predicted octanol–water partition coefficient (Wildman–Crippen LogP) is 0.829. The van der Waals surface area contributed by atoms with Gasteiger partial charge in [0, 0.05) is 10.5 Å². The van der Waals surface area contributed by atoms with E-state index in [4.69, 9.17) is 10.5 Å². The number of benzene rings is 1. The SMILES string of the molecule is CC1(C)SC2C(NC(=O)[C@@H](N)c3ccccc3)C(=O)N2C1C(=O)N1C(=O)SCC1C(=O)OCCCCO[N+](=O)[O-]. The van der Waals surface area contributed by atoms with Gasteiger partial charge in [0.15, 0.2) is 0 Å². The standard InChI is InChI=1S/C24H29N5O9S2/c1-24(2)17(20(32)27-14(12-39-23(27)34)22(33)37-10-6-7-11-38-29(35)36)28-19(31)16(21(28)40-24)26-18(30)15(25)13-8-4-3-5-9-13/h3-5,8-9,14-17,21H,6-7,10-12,25H2,1-2H3,(H,26,30)/t14?,15-,16?,17?,21?/m0/s1. The third-order valence-electron chi connectivity index (χ3n) is 6.78. The Balaban J connectivity index is 1.39. The van der Waals surface area contributed by atoms with Crippen molar-refractivity contribution in [1.82, 2.24) is 15.1 Å². The van der Waals surface area contributed by atoms with E-state index in [1.165, 1.54) is 16.7 Å². The van der Waals surface area contributed by atoms with Crippen molar-refractivity contribution in [1.29, 1.82) is 0 Å². The van der Waals surface area contributed by atoms with Crippen LogP contribution in [0.15, 0.2) is 30.3 Å². The van der Waals surface area contributed by atoms with E-state index in [0.29, 0.717) is 12.0 Å². The summed E-state index contributed by atoms with van der Waals surface area (Å²) in [6.07, 6.45) is 0.563. The smallest absolute Gasteiger partial charge is 0.330 e. The average Bonchev–Trinajstić information content (AvgIpc) is 3.43. The number of nitrogens with zero attached hydrogens (tertiary/aromatic N) is 3. The molecule has 1 aromatic carbocycles. The van der Waals surface area contributed by atoms with Gasteiger partial charge in [-0.1, -0.05) is 42.1 Å². The molecule has 0 bridgehead atoms. The fraction of sp³-hybridized carbons (Fsp3) is 0.542. The molecular weight excluding hydrogens is 566 g/mol. The molecule has 5 atom stereocenters. The van der Waals surface area contributed by atoms with Crippen molar-refractivity contribution in [2.45, 2.75) is 61.0 Å². The molecule has 0 aliphatic carbocycles. The van der Waals surface area contributed by atoms with E-state index >= 15 is 0 Å². The highest BCUT2D eigenvalue weighted by molar-refractivity contribution is 8.14. The van der Waals surface area contributed by atoms with Crippen molar-refractivity contribution >= 4 is 52.5 Å². The number of amides is 4. The maximum atomic E-state index is 13.7. The normalized spacial score (nSPS) is 25.6. The summed E-state index contributed by atoms with van der Waals surface area (Å²) in [6.45, 7) is 3.30. The molecule has 14 nitrogen and oxygen atoms in total. The highest BCUT2D eigenvalue weighted by Crippen LogP contribution is 2.51. The second kappa shape index (κ2) is 12.0. The Kier molecular flexibility index (Phi) is 8.90. The Bertz CT molecular complexity index is 1200. The van der Waals surface area contributed by atoms with Crippen LogP contribution in [-0.2, 0) is 28.8 Å². The van der Waals surface area contributed by atoms with Crippen LogP contribution in [0.3, 0.4) is 0 Å². The van der Waals surface area contributed by atoms with E-state index < -0.39 is 68.3 Å². The fourth-order valence-corrected chi connectivity index (χ4v) is 7.35. The zero-order chi connectivity index (χ0) is 29.2. The molecular formula is C24H29N5O9S2. The van der Waals surface area contributed by atoms with Crippen LogP contribution >= 0.6 is 23.5 Å². The molecule has 40 heavy (non-hydrogen) atoms. The minimum Gasteiger partial charge on any atom is -0.464 e. The van der Waals surface area contributed by atoms with Crippen LogP contribution < -0.4 is 11.1 Å². The number of carbonyl (C=O) groups is 5. The molecule has 3 heterocycles. The Labute approximate surface area is 237 Å². The maximum absolute atomic E-state index is 13.7. The molecule has 3 aliphatic rings. The Morgan fingerprint density at radius 3 is 2.55 bits per heavy atom. The van der Waals surface area contributed by atoms with Gasteiger partial charge >= 0.3 is 5.97 Å². The van der Waals surface area contributed by atoms with Crippen LogP contribution in [0, 0.1) is 10.1 Å². The van der Waals surface area contributed by atoms with Crippen LogP contribution in [0.1, 0.15) is 38.3 Å². The number of β-lactam (4-membered cyclic amide) rings is 1. The summed E-state index contributed by atoms with van der Waals surface area (Å²) in [6, 6.07) is 4.61. The molecule has 3 saturated heterocycles. The molecule has 0 aromatic heterocycles. The fourth-order valence-electron chi connectivity index (χ4n) is 4.78. The quantitative estimate of drug-likeness (QED) is 0.121. The number of unbranched alkanes of at least 4 members (excludes halogenated alkanes) is 1. The number of nitrogens with two attached hydrogens (primary N) is 1. The van der Waals surface area contributed by atoms with Crippen molar-refractivity contribution < 1.29 is 38.6 Å². The maximum Gasteiger partial charge on any atom is 0.330 e. The lowest BCUT2D eigenvalue weighted by atomic mass is 9.94. The first-order valence-electron chi connectivity index (χ1n) is 12.5. The van der Waals surface area contributed by atoms with Gasteiger partial charge in [0.1, 0.15) is 29.5 Å². The number of esters is 1. The minimum atomic E-state index is -1.17. The number of thioether (sulfide) groups is 2. The van der Waals surface area contributed by atoms with E-state index in [2.05, 4.69) is 10.2 Å². The summed E-state index contributed by atoms with van der Waals surface area (Å²) in [5.41, 5.74) is 6.65. The van der Waals surface area contributed by atoms with Crippen LogP contribution in [0.2, 0.25) is 0 Å². The second-order valence-corrected chi connectivity index (χ2v) is 12.6. The summed E-state index contributed by atoms with van der Waals surface area (Å²) in [7, 11) is 0. The predicted molar refractivity (Wildman–Crippen MR) is 143 cm³/mol. The van der Waals surface area contributed by atoms with E-state index in [1.807, 2.05) is 0 Å². The molecule has 3 fully saturated rings. The molecule has 0 spiro atoms. The lowest BCUT2D eigenvalue weighted by Crippen LogP contribution is -2.72. The van der Waals surface area contributed by atoms with Crippen LogP contribution in [0.25, 0.3) is 0 Å². The van der Waals surface area contributed by atoms with Gasteiger partial charge in [0.05, 0.1) is 13.2 Å². The summed E-state index contributed by atoms with van der Waals surface area (Å²) in [5, 5.41) is 10.8. The molecule has 1 aromatic rings. The number of nitrogens with one attached hydrogen (secondary N) is 1. The molecule has 4 unspecified atom stereocenters. The lowest BCUT2D eigenvalue weighted by Gasteiger charge is -2.45. The van der Waals surface area contributed by atoms with E-state index in [-0.39, 0.29) is 25.4 Å². The van der Waals surface area contributed by atoms with Gasteiger partial charge in [-0.15, -0.1) is 21.9 Å². The summed E-state index contributed by atoms with van der Waals surface area (Å²) < 4.78 is 4.37. The monoisotopic (exact) mass is 595 g/mol. The van der Waals surface area contributed by atoms with Gasteiger partial charge < -0.3 is 25.5 Å². The highest BCUT2D eigenvalue weighted by Gasteiger charge is 2.65.